The van der Waals surface area contributed by atoms with Crippen LogP contribution in [0.5, 0.6) is 0 Å². The average molecular weight is 411 g/mol. The number of rotatable bonds is 7. The highest BCUT2D eigenvalue weighted by Crippen LogP contribution is 2.14. The first kappa shape index (κ1) is 20.6. The summed E-state index contributed by atoms with van der Waals surface area (Å²) in [6, 6.07) is 16.2. The zero-order valence-electron chi connectivity index (χ0n) is 16.4. The second-order valence-electron chi connectivity index (χ2n) is 6.80. The van der Waals surface area contributed by atoms with Crippen LogP contribution in [-0.4, -0.2) is 28.1 Å². The van der Waals surface area contributed by atoms with Gasteiger partial charge in [0.05, 0.1) is 11.4 Å². The van der Waals surface area contributed by atoms with Gasteiger partial charge in [-0.1, -0.05) is 11.6 Å². The Hall–Kier alpha value is -3.12. The maximum Gasteiger partial charge on any atom is 0.251 e. The lowest BCUT2D eigenvalue weighted by atomic mass is 10.2. The predicted molar refractivity (Wildman–Crippen MR) is 115 cm³/mol. The van der Waals surface area contributed by atoms with Gasteiger partial charge in [-0.2, -0.15) is 5.10 Å². The summed E-state index contributed by atoms with van der Waals surface area (Å²) in [5, 5.41) is 10.7. The van der Waals surface area contributed by atoms with Gasteiger partial charge in [0.15, 0.2) is 0 Å². The zero-order valence-corrected chi connectivity index (χ0v) is 17.2. The van der Waals surface area contributed by atoms with Gasteiger partial charge in [-0.05, 0) is 74.9 Å². The monoisotopic (exact) mass is 410 g/mol. The van der Waals surface area contributed by atoms with Crippen molar-refractivity contribution >= 4 is 29.1 Å². The molecule has 0 aliphatic carbocycles. The van der Waals surface area contributed by atoms with Crippen LogP contribution in [0.2, 0.25) is 5.02 Å². The minimum absolute atomic E-state index is 0.101. The Kier molecular flexibility index (Phi) is 6.67. The summed E-state index contributed by atoms with van der Waals surface area (Å²) in [5.74, 6) is -0.265. The lowest BCUT2D eigenvalue weighted by molar-refractivity contribution is -0.116. The average Bonchev–Trinajstić information content (AvgIpc) is 3.05. The van der Waals surface area contributed by atoms with Crippen molar-refractivity contribution in [2.75, 3.05) is 11.9 Å². The first-order chi connectivity index (χ1) is 13.9. The molecule has 0 bridgehead atoms. The molecule has 3 aromatic rings. The Morgan fingerprint density at radius 3 is 2.34 bits per heavy atom. The Balaban J connectivity index is 1.44. The van der Waals surface area contributed by atoms with Crippen molar-refractivity contribution in [3.63, 3.8) is 0 Å². The summed E-state index contributed by atoms with van der Waals surface area (Å²) in [6.07, 6.45) is 0.870. The Labute approximate surface area is 174 Å². The SMILES string of the molecule is Cc1cc(C)n(-c2ccc(C(=O)NCCCC(=O)Nc3ccc(Cl)cc3)cc2)n1. The summed E-state index contributed by atoms with van der Waals surface area (Å²) in [4.78, 5) is 24.2. The van der Waals surface area contributed by atoms with E-state index in [1.54, 1.807) is 36.4 Å². The minimum Gasteiger partial charge on any atom is -0.352 e. The van der Waals surface area contributed by atoms with Crippen molar-refractivity contribution in [3.05, 3.63) is 76.6 Å². The third-order valence-corrected chi connectivity index (χ3v) is 4.63. The molecule has 1 aromatic heterocycles. The van der Waals surface area contributed by atoms with Crippen molar-refractivity contribution in [2.24, 2.45) is 0 Å². The van der Waals surface area contributed by atoms with Crippen LogP contribution in [0.15, 0.2) is 54.6 Å². The minimum atomic E-state index is -0.164. The summed E-state index contributed by atoms with van der Waals surface area (Å²) >= 11 is 5.82. The normalized spacial score (nSPS) is 10.6. The van der Waals surface area contributed by atoms with Crippen molar-refractivity contribution in [1.82, 2.24) is 15.1 Å². The number of aromatic nitrogens is 2. The number of carbonyl (C=O) groups is 2. The highest BCUT2D eigenvalue weighted by Gasteiger charge is 2.08. The molecule has 0 atom stereocenters. The number of hydrogen-bond donors (Lipinski definition) is 2. The van der Waals surface area contributed by atoms with Crippen LogP contribution in [0.3, 0.4) is 0 Å². The van der Waals surface area contributed by atoms with Gasteiger partial charge in [-0.15, -0.1) is 0 Å². The Morgan fingerprint density at radius 1 is 1.03 bits per heavy atom. The highest BCUT2D eigenvalue weighted by atomic mass is 35.5. The van der Waals surface area contributed by atoms with Crippen LogP contribution in [0.4, 0.5) is 5.69 Å². The number of hydrogen-bond acceptors (Lipinski definition) is 3. The van der Waals surface area contributed by atoms with Crippen LogP contribution in [0.25, 0.3) is 5.69 Å². The van der Waals surface area contributed by atoms with Crippen LogP contribution in [-0.2, 0) is 4.79 Å². The summed E-state index contributed by atoms with van der Waals surface area (Å²) in [7, 11) is 0. The summed E-state index contributed by atoms with van der Waals surface area (Å²) < 4.78 is 1.84. The predicted octanol–water partition coefficient (Wildman–Crippen LogP) is 4.29. The lowest BCUT2D eigenvalue weighted by Crippen LogP contribution is -2.25. The van der Waals surface area contributed by atoms with Gasteiger partial charge in [0, 0.05) is 34.9 Å². The number of nitrogens with zero attached hydrogens (tertiary/aromatic N) is 2. The number of aryl methyl sites for hydroxylation is 2. The molecule has 6 nitrogen and oxygen atoms in total. The van der Waals surface area contributed by atoms with Gasteiger partial charge >= 0.3 is 0 Å². The van der Waals surface area contributed by atoms with Gasteiger partial charge < -0.3 is 10.6 Å². The molecular weight excluding hydrogens is 388 g/mol. The number of anilines is 1. The highest BCUT2D eigenvalue weighted by molar-refractivity contribution is 6.30. The smallest absolute Gasteiger partial charge is 0.251 e. The zero-order chi connectivity index (χ0) is 20.8. The fourth-order valence-electron chi connectivity index (χ4n) is 2.95. The van der Waals surface area contributed by atoms with Gasteiger partial charge in [0.2, 0.25) is 5.91 Å². The van der Waals surface area contributed by atoms with E-state index >= 15 is 0 Å². The third kappa shape index (κ3) is 5.68. The lowest BCUT2D eigenvalue weighted by Gasteiger charge is -2.08. The van der Waals surface area contributed by atoms with E-state index in [9.17, 15) is 9.59 Å². The standard InChI is InChI=1S/C22H23ClN4O2/c1-15-14-16(2)27(26-15)20-11-5-17(6-12-20)22(29)24-13-3-4-21(28)25-19-9-7-18(23)8-10-19/h5-12,14H,3-4,13H2,1-2H3,(H,24,29)(H,25,28). The molecule has 0 aliphatic rings. The molecule has 2 aromatic carbocycles. The van der Waals surface area contributed by atoms with Crippen LogP contribution in [0, 0.1) is 13.8 Å². The second-order valence-corrected chi connectivity index (χ2v) is 7.24. The topological polar surface area (TPSA) is 76.0 Å². The molecular formula is C22H23ClN4O2. The number of halogens is 1. The van der Waals surface area contributed by atoms with Gasteiger partial charge in [0.25, 0.3) is 5.91 Å². The molecule has 0 aliphatic heterocycles. The first-order valence-electron chi connectivity index (χ1n) is 9.40. The molecule has 150 valence electrons. The molecule has 0 radical (unpaired) electrons. The van der Waals surface area contributed by atoms with Crippen LogP contribution >= 0.6 is 11.6 Å². The van der Waals surface area contributed by atoms with E-state index in [2.05, 4.69) is 15.7 Å². The van der Waals surface area contributed by atoms with Crippen molar-refractivity contribution in [3.8, 4) is 5.69 Å². The molecule has 0 fully saturated rings. The number of carbonyl (C=O) groups excluding carboxylic acids is 2. The van der Waals surface area contributed by atoms with E-state index in [4.69, 9.17) is 11.6 Å². The summed E-state index contributed by atoms with van der Waals surface area (Å²) in [5.41, 5.74) is 4.17. The maximum atomic E-state index is 12.3. The molecule has 3 rings (SSSR count). The molecule has 7 heteroatoms. The van der Waals surface area contributed by atoms with E-state index in [0.29, 0.717) is 35.7 Å². The molecule has 0 unspecified atom stereocenters. The molecule has 2 N–H and O–H groups in total. The third-order valence-electron chi connectivity index (χ3n) is 4.38. The maximum absolute atomic E-state index is 12.3. The van der Waals surface area contributed by atoms with Gasteiger partial charge in [0.1, 0.15) is 0 Å². The molecule has 2 amide bonds. The molecule has 0 saturated heterocycles. The molecule has 0 saturated carbocycles. The fourth-order valence-corrected chi connectivity index (χ4v) is 3.08. The largest absolute Gasteiger partial charge is 0.352 e. The molecule has 29 heavy (non-hydrogen) atoms. The van der Waals surface area contributed by atoms with Crippen LogP contribution in [0.1, 0.15) is 34.6 Å². The molecule has 1 heterocycles. The first-order valence-corrected chi connectivity index (χ1v) is 9.77. The quantitative estimate of drug-likeness (QED) is 0.570. The fraction of sp³-hybridized carbons (Fsp3) is 0.227. The van der Waals surface area contributed by atoms with Crippen molar-refractivity contribution in [2.45, 2.75) is 26.7 Å². The van der Waals surface area contributed by atoms with E-state index < -0.39 is 0 Å². The van der Waals surface area contributed by atoms with Crippen LogP contribution < -0.4 is 10.6 Å². The van der Waals surface area contributed by atoms with Gasteiger partial charge in [-0.3, -0.25) is 9.59 Å². The number of nitrogens with one attached hydrogen (secondary N) is 2. The number of amides is 2. The number of benzene rings is 2. The van der Waals surface area contributed by atoms with Crippen molar-refractivity contribution in [1.29, 1.82) is 0 Å². The summed E-state index contributed by atoms with van der Waals surface area (Å²) in [6.45, 7) is 4.36. The van der Waals surface area contributed by atoms with E-state index in [1.165, 1.54) is 0 Å². The molecule has 0 spiro atoms. The van der Waals surface area contributed by atoms with E-state index in [1.807, 2.05) is 36.7 Å². The Morgan fingerprint density at radius 2 is 1.72 bits per heavy atom. The van der Waals surface area contributed by atoms with E-state index in [-0.39, 0.29) is 11.8 Å². The van der Waals surface area contributed by atoms with E-state index in [0.717, 1.165) is 17.1 Å². The second kappa shape index (κ2) is 9.39. The Bertz CT molecular complexity index is 995. The van der Waals surface area contributed by atoms with Crippen molar-refractivity contribution < 1.29 is 9.59 Å². The van der Waals surface area contributed by atoms with Gasteiger partial charge in [-0.25, -0.2) is 4.68 Å².